The number of hydrogen-bond donors (Lipinski definition) is 1. The van der Waals surface area contributed by atoms with E-state index in [1.54, 1.807) is 17.0 Å². The Bertz CT molecular complexity index is 866. The van der Waals surface area contributed by atoms with Gasteiger partial charge >= 0.3 is 0 Å². The molecule has 2 aromatic rings. The molecule has 0 saturated heterocycles. The zero-order valence-corrected chi connectivity index (χ0v) is 18.2. The van der Waals surface area contributed by atoms with Crippen LogP contribution < -0.4 is 10.2 Å². The van der Waals surface area contributed by atoms with E-state index in [9.17, 15) is 14.0 Å². The topological polar surface area (TPSA) is 61.9 Å². The van der Waals surface area contributed by atoms with Crippen LogP contribution in [0.15, 0.2) is 42.5 Å². The van der Waals surface area contributed by atoms with E-state index < -0.39 is 0 Å². The number of hydrogen-bond acceptors (Lipinski definition) is 4. The number of carbonyl (C=O) groups is 2. The molecule has 1 N–H and O–H groups in total. The summed E-state index contributed by atoms with van der Waals surface area (Å²) >= 11 is 0. The van der Waals surface area contributed by atoms with E-state index in [1.165, 1.54) is 19.2 Å². The summed E-state index contributed by atoms with van der Waals surface area (Å²) in [6.07, 6.45) is 0. The Morgan fingerprint density at radius 1 is 1.07 bits per heavy atom. The zero-order chi connectivity index (χ0) is 22.3. The molecule has 30 heavy (non-hydrogen) atoms. The third-order valence-electron chi connectivity index (χ3n) is 4.62. The number of halogens is 1. The van der Waals surface area contributed by atoms with Gasteiger partial charge in [0.05, 0.1) is 0 Å². The highest BCUT2D eigenvalue weighted by Crippen LogP contribution is 2.25. The summed E-state index contributed by atoms with van der Waals surface area (Å²) in [6, 6.07) is 11.7. The number of nitrogens with zero attached hydrogens (tertiary/aromatic N) is 2. The Kier molecular flexibility index (Phi) is 8.35. The number of ether oxygens (including phenoxy) is 1. The van der Waals surface area contributed by atoms with Gasteiger partial charge in [0.2, 0.25) is 11.8 Å². The van der Waals surface area contributed by atoms with Crippen LogP contribution in [0.1, 0.15) is 25.0 Å². The number of amides is 2. The first kappa shape index (κ1) is 23.3. The molecule has 0 unspecified atom stereocenters. The molecule has 6 nitrogen and oxygen atoms in total. The summed E-state index contributed by atoms with van der Waals surface area (Å²) in [5, 5.41) is 2.90. The molecule has 0 aliphatic carbocycles. The Morgan fingerprint density at radius 2 is 1.73 bits per heavy atom. The fraction of sp³-hybridized carbons (Fsp3) is 0.391. The maximum atomic E-state index is 13.3. The second-order valence-corrected chi connectivity index (χ2v) is 7.69. The van der Waals surface area contributed by atoms with Gasteiger partial charge in [-0.3, -0.25) is 9.59 Å². The van der Waals surface area contributed by atoms with Crippen LogP contribution in [0.3, 0.4) is 0 Å². The third kappa shape index (κ3) is 6.56. The van der Waals surface area contributed by atoms with Gasteiger partial charge in [-0.05, 0) is 41.5 Å². The summed E-state index contributed by atoms with van der Waals surface area (Å²) in [5.41, 5.74) is 3.31. The molecule has 2 amide bonds. The van der Waals surface area contributed by atoms with Crippen LogP contribution in [0, 0.1) is 11.7 Å². The second-order valence-electron chi connectivity index (χ2n) is 7.69. The van der Waals surface area contributed by atoms with Crippen LogP contribution in [-0.4, -0.2) is 44.5 Å². The molecule has 0 heterocycles. The lowest BCUT2D eigenvalue weighted by molar-refractivity contribution is -0.136. The minimum Gasteiger partial charge on any atom is -0.377 e. The molecular weight excluding hydrogens is 385 g/mol. The number of nitrogens with one attached hydrogen (secondary N) is 1. The number of carbonyl (C=O) groups excluding carboxylic acids is 2. The van der Waals surface area contributed by atoms with Crippen LogP contribution in [0.25, 0.3) is 0 Å². The largest absolute Gasteiger partial charge is 0.377 e. The van der Waals surface area contributed by atoms with Gasteiger partial charge in [0.15, 0.2) is 0 Å². The maximum absolute atomic E-state index is 13.3. The van der Waals surface area contributed by atoms with E-state index >= 15 is 0 Å². The number of methoxy groups -OCH3 is 1. The fourth-order valence-electron chi connectivity index (χ4n) is 2.98. The SMILES string of the molecule is COCC(=O)N(Cc1ccc(F)cc1)Cc1cc(NC(=O)C(C)C)ccc1N(C)C. The second kappa shape index (κ2) is 10.7. The molecule has 0 aliphatic rings. The molecule has 0 aliphatic heterocycles. The highest BCUT2D eigenvalue weighted by molar-refractivity contribution is 5.92. The van der Waals surface area contributed by atoms with E-state index in [2.05, 4.69) is 5.32 Å². The Balaban J connectivity index is 2.34. The molecule has 0 atom stereocenters. The molecular formula is C23H30FN3O3. The van der Waals surface area contributed by atoms with Gasteiger partial charge in [-0.15, -0.1) is 0 Å². The zero-order valence-electron chi connectivity index (χ0n) is 18.2. The molecule has 0 spiro atoms. The third-order valence-corrected chi connectivity index (χ3v) is 4.62. The monoisotopic (exact) mass is 415 g/mol. The van der Waals surface area contributed by atoms with Crippen LogP contribution in [-0.2, 0) is 27.4 Å². The van der Waals surface area contributed by atoms with Crippen molar-refractivity contribution in [3.8, 4) is 0 Å². The lowest BCUT2D eigenvalue weighted by Crippen LogP contribution is -2.33. The molecule has 0 fully saturated rings. The molecule has 2 aromatic carbocycles. The predicted octanol–water partition coefficient (Wildman–Crippen LogP) is 3.66. The molecule has 2 rings (SSSR count). The van der Waals surface area contributed by atoms with Crippen LogP contribution >= 0.6 is 0 Å². The summed E-state index contributed by atoms with van der Waals surface area (Å²) in [4.78, 5) is 28.4. The molecule has 0 saturated carbocycles. The van der Waals surface area contributed by atoms with E-state index in [0.717, 1.165) is 16.8 Å². The molecule has 0 radical (unpaired) electrons. The van der Waals surface area contributed by atoms with Crippen molar-refractivity contribution >= 4 is 23.2 Å². The normalized spacial score (nSPS) is 10.8. The first-order valence-electron chi connectivity index (χ1n) is 9.83. The van der Waals surface area contributed by atoms with Crippen molar-refractivity contribution in [1.29, 1.82) is 0 Å². The average molecular weight is 416 g/mol. The Morgan fingerprint density at radius 3 is 2.30 bits per heavy atom. The summed E-state index contributed by atoms with van der Waals surface area (Å²) < 4.78 is 18.3. The molecule has 0 bridgehead atoms. The highest BCUT2D eigenvalue weighted by Gasteiger charge is 2.18. The lowest BCUT2D eigenvalue weighted by atomic mass is 10.1. The van der Waals surface area contributed by atoms with E-state index in [4.69, 9.17) is 4.74 Å². The Labute approximate surface area is 177 Å². The van der Waals surface area contributed by atoms with Crippen molar-refractivity contribution in [2.75, 3.05) is 38.0 Å². The van der Waals surface area contributed by atoms with Crippen LogP contribution in [0.4, 0.5) is 15.8 Å². The van der Waals surface area contributed by atoms with Gasteiger partial charge < -0.3 is 19.9 Å². The van der Waals surface area contributed by atoms with Gasteiger partial charge in [-0.1, -0.05) is 26.0 Å². The van der Waals surface area contributed by atoms with E-state index in [-0.39, 0.29) is 30.2 Å². The van der Waals surface area contributed by atoms with Crippen LogP contribution in [0.5, 0.6) is 0 Å². The fourth-order valence-corrected chi connectivity index (χ4v) is 2.98. The van der Waals surface area contributed by atoms with Crippen LogP contribution in [0.2, 0.25) is 0 Å². The minimum absolute atomic E-state index is 0.0533. The lowest BCUT2D eigenvalue weighted by Gasteiger charge is -2.26. The summed E-state index contributed by atoms with van der Waals surface area (Å²) in [6.45, 7) is 4.25. The van der Waals surface area contributed by atoms with Crippen molar-refractivity contribution in [3.63, 3.8) is 0 Å². The van der Waals surface area contributed by atoms with Gasteiger partial charge in [-0.2, -0.15) is 0 Å². The molecule has 7 heteroatoms. The maximum Gasteiger partial charge on any atom is 0.249 e. The first-order valence-corrected chi connectivity index (χ1v) is 9.83. The Hall–Kier alpha value is -2.93. The van der Waals surface area contributed by atoms with Gasteiger partial charge in [0.1, 0.15) is 12.4 Å². The summed E-state index contributed by atoms with van der Waals surface area (Å²) in [5.74, 6) is -0.711. The van der Waals surface area contributed by atoms with Crippen molar-refractivity contribution < 1.29 is 18.7 Å². The molecule has 162 valence electrons. The smallest absolute Gasteiger partial charge is 0.249 e. The van der Waals surface area contributed by atoms with Crippen molar-refractivity contribution in [2.24, 2.45) is 5.92 Å². The minimum atomic E-state index is -0.322. The van der Waals surface area contributed by atoms with Crippen molar-refractivity contribution in [1.82, 2.24) is 4.90 Å². The van der Waals surface area contributed by atoms with Gasteiger partial charge in [-0.25, -0.2) is 4.39 Å². The van der Waals surface area contributed by atoms with Crippen molar-refractivity contribution in [2.45, 2.75) is 26.9 Å². The first-order chi connectivity index (χ1) is 14.2. The van der Waals surface area contributed by atoms with E-state index in [0.29, 0.717) is 18.8 Å². The summed E-state index contributed by atoms with van der Waals surface area (Å²) in [7, 11) is 5.32. The number of rotatable bonds is 9. The molecule has 0 aromatic heterocycles. The van der Waals surface area contributed by atoms with Gasteiger partial charge in [0.25, 0.3) is 0 Å². The average Bonchev–Trinajstić information content (AvgIpc) is 2.69. The van der Waals surface area contributed by atoms with Gasteiger partial charge in [0, 0.05) is 51.6 Å². The predicted molar refractivity (Wildman–Crippen MR) is 117 cm³/mol. The van der Waals surface area contributed by atoms with E-state index in [1.807, 2.05) is 51.0 Å². The highest BCUT2D eigenvalue weighted by atomic mass is 19.1. The quantitative estimate of drug-likeness (QED) is 0.679. The standard InChI is InChI=1S/C23H30FN3O3/c1-16(2)23(29)25-20-10-11-21(26(3)4)18(12-20)14-27(22(28)15-30-5)13-17-6-8-19(24)9-7-17/h6-12,16H,13-15H2,1-5H3,(H,25,29). The van der Waals surface area contributed by atoms with Crippen molar-refractivity contribution in [3.05, 3.63) is 59.4 Å². The number of benzene rings is 2. The number of anilines is 2.